The van der Waals surface area contributed by atoms with Crippen LogP contribution in [-0.4, -0.2) is 24.7 Å². The number of ether oxygens (including phenoxy) is 1. The maximum atomic E-state index is 12.4. The summed E-state index contributed by atoms with van der Waals surface area (Å²) in [6.45, 7) is 2.45. The number of halogens is 3. The van der Waals surface area contributed by atoms with Crippen LogP contribution >= 0.6 is 0 Å². The molecule has 98 valence electrons. The van der Waals surface area contributed by atoms with Crippen molar-refractivity contribution in [3.63, 3.8) is 0 Å². The van der Waals surface area contributed by atoms with E-state index in [0.717, 1.165) is 19.2 Å². The summed E-state index contributed by atoms with van der Waals surface area (Å²) < 4.78 is 42.7. The number of hydrogen-bond donors (Lipinski definition) is 1. The summed E-state index contributed by atoms with van der Waals surface area (Å²) in [4.78, 5) is 3.47. The van der Waals surface area contributed by atoms with Crippen molar-refractivity contribution in [2.75, 3.05) is 19.7 Å². The molecular formula is C12H13F3N2O. The van der Waals surface area contributed by atoms with E-state index >= 15 is 0 Å². The minimum absolute atomic E-state index is 0.0581. The van der Waals surface area contributed by atoms with Gasteiger partial charge in [-0.15, -0.1) is 0 Å². The molecule has 0 unspecified atom stereocenters. The molecule has 3 atom stereocenters. The van der Waals surface area contributed by atoms with Crippen LogP contribution in [0.2, 0.25) is 0 Å². The number of fused-ring (bicyclic) bond motifs is 1. The number of piperidine rings is 1. The molecule has 0 amide bonds. The third kappa shape index (κ3) is 2.16. The fourth-order valence-corrected chi connectivity index (χ4v) is 2.63. The molecule has 0 spiro atoms. The van der Waals surface area contributed by atoms with Crippen molar-refractivity contribution in [2.45, 2.75) is 6.18 Å². The summed E-state index contributed by atoms with van der Waals surface area (Å²) in [5.74, 6) is 1.80. The SMILES string of the molecule is FC(F)(F)c1cccc(OC[C@H]2[C@@H]3CNC[C@@H]32)n1. The Kier molecular flexibility index (Phi) is 2.69. The number of alkyl halides is 3. The Hall–Kier alpha value is -1.30. The Bertz CT molecular complexity index is 439. The molecule has 1 saturated carbocycles. The van der Waals surface area contributed by atoms with Gasteiger partial charge in [0, 0.05) is 12.0 Å². The van der Waals surface area contributed by atoms with Crippen LogP contribution in [-0.2, 0) is 6.18 Å². The van der Waals surface area contributed by atoms with Crippen molar-refractivity contribution in [3.8, 4) is 5.88 Å². The number of nitrogens with zero attached hydrogens (tertiary/aromatic N) is 1. The summed E-state index contributed by atoms with van der Waals surface area (Å²) in [7, 11) is 0. The van der Waals surface area contributed by atoms with Gasteiger partial charge in [0.1, 0.15) is 5.69 Å². The van der Waals surface area contributed by atoms with Gasteiger partial charge in [0.15, 0.2) is 0 Å². The van der Waals surface area contributed by atoms with E-state index < -0.39 is 11.9 Å². The Morgan fingerprint density at radius 1 is 1.28 bits per heavy atom. The molecular weight excluding hydrogens is 245 g/mol. The summed E-state index contributed by atoms with van der Waals surface area (Å²) in [6, 6.07) is 3.73. The van der Waals surface area contributed by atoms with Crippen LogP contribution in [0.5, 0.6) is 5.88 Å². The van der Waals surface area contributed by atoms with Crippen molar-refractivity contribution in [2.24, 2.45) is 17.8 Å². The summed E-state index contributed by atoms with van der Waals surface area (Å²) in [6.07, 6.45) is -4.42. The minimum atomic E-state index is -4.42. The molecule has 0 aromatic carbocycles. The van der Waals surface area contributed by atoms with Crippen LogP contribution in [0.4, 0.5) is 13.2 Å². The van der Waals surface area contributed by atoms with E-state index in [1.54, 1.807) is 0 Å². The maximum Gasteiger partial charge on any atom is 0.433 e. The van der Waals surface area contributed by atoms with Crippen molar-refractivity contribution >= 4 is 0 Å². The zero-order valence-electron chi connectivity index (χ0n) is 9.57. The molecule has 1 N–H and O–H groups in total. The van der Waals surface area contributed by atoms with Crippen LogP contribution < -0.4 is 10.1 Å². The topological polar surface area (TPSA) is 34.1 Å². The van der Waals surface area contributed by atoms with Crippen molar-refractivity contribution in [1.82, 2.24) is 10.3 Å². The second kappa shape index (κ2) is 4.12. The van der Waals surface area contributed by atoms with E-state index in [1.165, 1.54) is 12.1 Å². The molecule has 1 aliphatic carbocycles. The Morgan fingerprint density at radius 3 is 2.67 bits per heavy atom. The molecule has 2 fully saturated rings. The first-order valence-corrected chi connectivity index (χ1v) is 5.93. The fraction of sp³-hybridized carbons (Fsp3) is 0.583. The van der Waals surface area contributed by atoms with Crippen LogP contribution in [0, 0.1) is 17.8 Å². The van der Waals surface area contributed by atoms with E-state index in [9.17, 15) is 13.2 Å². The lowest BCUT2D eigenvalue weighted by Gasteiger charge is -2.10. The van der Waals surface area contributed by atoms with Crippen LogP contribution in [0.25, 0.3) is 0 Å². The molecule has 6 heteroatoms. The first-order valence-electron chi connectivity index (χ1n) is 5.93. The summed E-state index contributed by atoms with van der Waals surface area (Å²) in [5.41, 5.74) is -0.905. The van der Waals surface area contributed by atoms with E-state index in [4.69, 9.17) is 4.74 Å². The number of aromatic nitrogens is 1. The number of hydrogen-bond acceptors (Lipinski definition) is 3. The number of nitrogens with one attached hydrogen (secondary N) is 1. The average molecular weight is 258 g/mol. The highest BCUT2D eigenvalue weighted by atomic mass is 19.4. The monoisotopic (exact) mass is 258 g/mol. The third-order valence-corrected chi connectivity index (χ3v) is 3.71. The Labute approximate surface area is 102 Å². The van der Waals surface area contributed by atoms with E-state index in [2.05, 4.69) is 10.3 Å². The molecule has 0 radical (unpaired) electrons. The largest absolute Gasteiger partial charge is 0.477 e. The van der Waals surface area contributed by atoms with E-state index in [-0.39, 0.29) is 5.88 Å². The predicted octanol–water partition coefficient (Wildman–Crippen LogP) is 1.94. The van der Waals surface area contributed by atoms with Gasteiger partial charge in [-0.05, 0) is 31.0 Å². The third-order valence-electron chi connectivity index (χ3n) is 3.71. The van der Waals surface area contributed by atoms with Gasteiger partial charge in [-0.2, -0.15) is 13.2 Å². The highest BCUT2D eigenvalue weighted by molar-refractivity contribution is 5.18. The second-order valence-electron chi connectivity index (χ2n) is 4.82. The molecule has 0 bridgehead atoms. The average Bonchev–Trinajstić information content (AvgIpc) is 2.77. The van der Waals surface area contributed by atoms with Gasteiger partial charge in [-0.3, -0.25) is 0 Å². The minimum Gasteiger partial charge on any atom is -0.477 e. The maximum absolute atomic E-state index is 12.4. The summed E-state index contributed by atoms with van der Waals surface area (Å²) in [5, 5.41) is 3.26. The molecule has 1 aliphatic heterocycles. The van der Waals surface area contributed by atoms with Gasteiger partial charge in [-0.1, -0.05) is 6.07 Å². The smallest absolute Gasteiger partial charge is 0.433 e. The van der Waals surface area contributed by atoms with Crippen molar-refractivity contribution in [1.29, 1.82) is 0 Å². The summed E-state index contributed by atoms with van der Waals surface area (Å²) >= 11 is 0. The number of pyridine rings is 1. The highest BCUT2D eigenvalue weighted by Crippen LogP contribution is 2.48. The molecule has 18 heavy (non-hydrogen) atoms. The van der Waals surface area contributed by atoms with Crippen LogP contribution in [0.3, 0.4) is 0 Å². The normalized spacial score (nSPS) is 30.1. The van der Waals surface area contributed by atoms with Gasteiger partial charge in [0.25, 0.3) is 0 Å². The Balaban J connectivity index is 1.60. The fourth-order valence-electron chi connectivity index (χ4n) is 2.63. The first-order chi connectivity index (χ1) is 8.55. The quantitative estimate of drug-likeness (QED) is 0.899. The lowest BCUT2D eigenvalue weighted by molar-refractivity contribution is -0.141. The van der Waals surface area contributed by atoms with Crippen molar-refractivity contribution < 1.29 is 17.9 Å². The van der Waals surface area contributed by atoms with Gasteiger partial charge in [0.05, 0.1) is 6.61 Å². The lowest BCUT2D eigenvalue weighted by atomic mass is 10.3. The van der Waals surface area contributed by atoms with Crippen LogP contribution in [0.1, 0.15) is 5.69 Å². The van der Waals surface area contributed by atoms with E-state index in [0.29, 0.717) is 24.4 Å². The van der Waals surface area contributed by atoms with Gasteiger partial charge >= 0.3 is 6.18 Å². The first kappa shape index (κ1) is 11.8. The standard InChI is InChI=1S/C12H13F3N2O/c13-12(14,15)10-2-1-3-11(17-10)18-6-9-7-4-16-5-8(7)9/h1-3,7-9,16H,4-6H2/t7-,8+,9+. The molecule has 3 rings (SSSR count). The molecule has 2 aliphatic rings. The highest BCUT2D eigenvalue weighted by Gasteiger charge is 2.53. The zero-order valence-corrected chi connectivity index (χ0v) is 9.57. The van der Waals surface area contributed by atoms with Gasteiger partial charge < -0.3 is 10.1 Å². The molecule has 3 nitrogen and oxygen atoms in total. The lowest BCUT2D eigenvalue weighted by Crippen LogP contribution is -2.18. The van der Waals surface area contributed by atoms with Gasteiger partial charge in [0.2, 0.25) is 5.88 Å². The van der Waals surface area contributed by atoms with Gasteiger partial charge in [-0.25, -0.2) is 4.98 Å². The molecule has 1 aromatic rings. The number of rotatable bonds is 3. The Morgan fingerprint density at radius 2 is 2.00 bits per heavy atom. The molecule has 1 aromatic heterocycles. The second-order valence-corrected chi connectivity index (χ2v) is 4.82. The molecule has 2 heterocycles. The van der Waals surface area contributed by atoms with Crippen molar-refractivity contribution in [3.05, 3.63) is 23.9 Å². The predicted molar refractivity (Wildman–Crippen MR) is 58.1 cm³/mol. The van der Waals surface area contributed by atoms with E-state index in [1.807, 2.05) is 0 Å². The van der Waals surface area contributed by atoms with Crippen LogP contribution in [0.15, 0.2) is 18.2 Å². The molecule has 1 saturated heterocycles. The zero-order chi connectivity index (χ0) is 12.8.